The van der Waals surface area contributed by atoms with Crippen molar-refractivity contribution in [1.29, 1.82) is 0 Å². The maximum absolute atomic E-state index is 13.0. The molecule has 1 aromatic heterocycles. The lowest BCUT2D eigenvalue weighted by Crippen LogP contribution is -2.16. The highest BCUT2D eigenvalue weighted by molar-refractivity contribution is 5.49. The topological polar surface area (TPSA) is 34.0 Å². The van der Waals surface area contributed by atoms with Gasteiger partial charge in [0.2, 0.25) is 5.95 Å². The highest BCUT2D eigenvalue weighted by atomic mass is 19.4. The molecule has 0 bridgehead atoms. The lowest BCUT2D eigenvalue weighted by molar-refractivity contribution is -0.144. The molecule has 0 N–H and O–H groups in total. The number of anilines is 1. The summed E-state index contributed by atoms with van der Waals surface area (Å²) < 4.78 is 40.1. The molecule has 0 fully saturated rings. The quantitative estimate of drug-likeness (QED) is 0.850. The van der Waals surface area contributed by atoms with Crippen LogP contribution in [-0.4, -0.2) is 28.9 Å². The van der Waals surface area contributed by atoms with E-state index >= 15 is 0 Å². The number of aromatic nitrogens is 3. The van der Waals surface area contributed by atoms with Gasteiger partial charge in [-0.2, -0.15) is 22.8 Å². The van der Waals surface area contributed by atoms with Gasteiger partial charge in [0.25, 0.3) is 5.82 Å². The summed E-state index contributed by atoms with van der Waals surface area (Å²) in [5.74, 6) is -0.621. The first-order valence-electron chi connectivity index (χ1n) is 7.50. The van der Waals surface area contributed by atoms with E-state index in [1.807, 2.05) is 25.1 Å². The molecule has 2 rings (SSSR count). The Hall–Kier alpha value is -2.05. The van der Waals surface area contributed by atoms with Gasteiger partial charge in [0.15, 0.2) is 0 Å². The average Bonchev–Trinajstić information content (AvgIpc) is 2.91. The van der Waals surface area contributed by atoms with E-state index in [2.05, 4.69) is 23.9 Å². The Morgan fingerprint density at radius 2 is 1.87 bits per heavy atom. The summed E-state index contributed by atoms with van der Waals surface area (Å²) in [6.07, 6.45) is -3.87. The molecule has 126 valence electrons. The fraction of sp³-hybridized carbons (Fsp3) is 0.500. The predicted molar refractivity (Wildman–Crippen MR) is 84.2 cm³/mol. The van der Waals surface area contributed by atoms with Crippen molar-refractivity contribution in [3.63, 3.8) is 0 Å². The summed E-state index contributed by atoms with van der Waals surface area (Å²) >= 11 is 0. The van der Waals surface area contributed by atoms with Crippen LogP contribution in [0.2, 0.25) is 0 Å². The maximum atomic E-state index is 13.0. The third-order valence-corrected chi connectivity index (χ3v) is 3.62. The summed E-state index contributed by atoms with van der Waals surface area (Å²) in [7, 11) is 3.30. The van der Waals surface area contributed by atoms with E-state index in [9.17, 15) is 13.2 Å². The molecule has 2 aromatic rings. The Morgan fingerprint density at radius 1 is 1.22 bits per heavy atom. The number of halogens is 3. The van der Waals surface area contributed by atoms with Crippen LogP contribution >= 0.6 is 0 Å². The summed E-state index contributed by atoms with van der Waals surface area (Å²) in [6, 6.07) is 5.76. The van der Waals surface area contributed by atoms with Crippen molar-refractivity contribution < 1.29 is 13.2 Å². The normalized spacial score (nSPS) is 12.0. The van der Waals surface area contributed by atoms with Gasteiger partial charge in [-0.25, -0.2) is 0 Å². The minimum absolute atomic E-state index is 0.157. The van der Waals surface area contributed by atoms with Gasteiger partial charge in [-0.05, 0) is 29.5 Å². The summed E-state index contributed by atoms with van der Waals surface area (Å²) in [5, 5.41) is 3.69. The second-order valence-corrected chi connectivity index (χ2v) is 5.94. The zero-order valence-corrected chi connectivity index (χ0v) is 13.9. The van der Waals surface area contributed by atoms with Crippen LogP contribution in [-0.2, 0) is 12.6 Å². The fourth-order valence-corrected chi connectivity index (χ4v) is 2.33. The van der Waals surface area contributed by atoms with E-state index in [-0.39, 0.29) is 5.95 Å². The predicted octanol–water partition coefficient (Wildman–Crippen LogP) is 4.04. The number of rotatable bonds is 4. The molecule has 0 radical (unpaired) electrons. The van der Waals surface area contributed by atoms with E-state index in [0.29, 0.717) is 18.0 Å². The molecule has 23 heavy (non-hydrogen) atoms. The van der Waals surface area contributed by atoms with Gasteiger partial charge in [0.1, 0.15) is 0 Å². The van der Waals surface area contributed by atoms with Crippen LogP contribution in [0.15, 0.2) is 18.2 Å². The van der Waals surface area contributed by atoms with Crippen LogP contribution in [0, 0.1) is 0 Å². The average molecular weight is 326 g/mol. The molecule has 0 spiro atoms. The number of benzene rings is 1. The first-order valence-corrected chi connectivity index (χ1v) is 7.50. The largest absolute Gasteiger partial charge is 0.453 e. The van der Waals surface area contributed by atoms with Crippen molar-refractivity contribution >= 4 is 5.95 Å². The van der Waals surface area contributed by atoms with E-state index < -0.39 is 12.0 Å². The Balaban J connectivity index is 2.63. The van der Waals surface area contributed by atoms with Crippen molar-refractivity contribution in [1.82, 2.24) is 14.8 Å². The molecule has 0 saturated carbocycles. The minimum Gasteiger partial charge on any atom is -0.347 e. The van der Waals surface area contributed by atoms with Crippen LogP contribution in [0.3, 0.4) is 0 Å². The van der Waals surface area contributed by atoms with E-state index in [1.54, 1.807) is 14.1 Å². The zero-order chi connectivity index (χ0) is 17.4. The molecule has 0 aliphatic carbocycles. The molecule has 0 saturated heterocycles. The highest BCUT2D eigenvalue weighted by Gasteiger charge is 2.37. The standard InChI is InChI=1S/C16H21F3N4/c1-6-11-9-12(10(2)3)7-8-13(11)23-15(22(4)5)20-14(21-23)16(17,18)19/h7-10H,6H2,1-5H3. The van der Waals surface area contributed by atoms with Gasteiger partial charge in [-0.1, -0.05) is 32.9 Å². The Morgan fingerprint density at radius 3 is 2.35 bits per heavy atom. The molecule has 1 heterocycles. The lowest BCUT2D eigenvalue weighted by Gasteiger charge is -2.16. The van der Waals surface area contributed by atoms with Crippen LogP contribution < -0.4 is 4.90 Å². The van der Waals surface area contributed by atoms with E-state index in [0.717, 1.165) is 11.1 Å². The summed E-state index contributed by atoms with van der Waals surface area (Å²) in [4.78, 5) is 5.17. The number of hydrogen-bond donors (Lipinski definition) is 0. The van der Waals surface area contributed by atoms with E-state index in [4.69, 9.17) is 0 Å². The lowest BCUT2D eigenvalue weighted by atomic mass is 9.98. The van der Waals surface area contributed by atoms with Crippen LogP contribution in [0.4, 0.5) is 19.1 Å². The number of alkyl halides is 3. The van der Waals surface area contributed by atoms with Gasteiger partial charge in [-0.15, -0.1) is 5.10 Å². The van der Waals surface area contributed by atoms with Crippen molar-refractivity contribution in [3.8, 4) is 5.69 Å². The summed E-state index contributed by atoms with van der Waals surface area (Å²) in [6.45, 7) is 6.13. The molecule has 7 heteroatoms. The third-order valence-electron chi connectivity index (χ3n) is 3.62. The van der Waals surface area contributed by atoms with Crippen LogP contribution in [0.25, 0.3) is 5.69 Å². The highest BCUT2D eigenvalue weighted by Crippen LogP contribution is 2.30. The van der Waals surface area contributed by atoms with Crippen molar-refractivity contribution in [2.24, 2.45) is 0 Å². The Kier molecular flexibility index (Phi) is 4.68. The first-order chi connectivity index (χ1) is 10.6. The van der Waals surface area contributed by atoms with Crippen molar-refractivity contribution in [2.75, 3.05) is 19.0 Å². The molecule has 0 atom stereocenters. The molecule has 0 amide bonds. The first kappa shape index (κ1) is 17.3. The SMILES string of the molecule is CCc1cc(C(C)C)ccc1-n1nc(C(F)(F)F)nc1N(C)C. The molecule has 0 aliphatic heterocycles. The third kappa shape index (κ3) is 3.48. The van der Waals surface area contributed by atoms with E-state index in [1.165, 1.54) is 9.58 Å². The molecule has 4 nitrogen and oxygen atoms in total. The smallest absolute Gasteiger partial charge is 0.347 e. The number of aryl methyl sites for hydroxylation is 1. The second-order valence-electron chi connectivity index (χ2n) is 5.94. The van der Waals surface area contributed by atoms with Gasteiger partial charge >= 0.3 is 6.18 Å². The maximum Gasteiger partial charge on any atom is 0.453 e. The molecule has 0 unspecified atom stereocenters. The molecule has 0 aliphatic rings. The molecule has 1 aromatic carbocycles. The molecular formula is C16H21F3N4. The van der Waals surface area contributed by atoms with Gasteiger partial charge < -0.3 is 4.90 Å². The van der Waals surface area contributed by atoms with Gasteiger partial charge in [0, 0.05) is 14.1 Å². The second kappa shape index (κ2) is 6.22. The number of nitrogens with zero attached hydrogens (tertiary/aromatic N) is 4. The minimum atomic E-state index is -4.57. The summed E-state index contributed by atoms with van der Waals surface area (Å²) in [5.41, 5.74) is 2.72. The van der Waals surface area contributed by atoms with Crippen LogP contribution in [0.1, 0.15) is 43.6 Å². The fourth-order valence-electron chi connectivity index (χ4n) is 2.33. The van der Waals surface area contributed by atoms with Crippen molar-refractivity contribution in [2.45, 2.75) is 39.3 Å². The van der Waals surface area contributed by atoms with Crippen LogP contribution in [0.5, 0.6) is 0 Å². The van der Waals surface area contributed by atoms with Gasteiger partial charge in [-0.3, -0.25) is 0 Å². The Labute approximate surface area is 133 Å². The van der Waals surface area contributed by atoms with Crippen molar-refractivity contribution in [3.05, 3.63) is 35.2 Å². The zero-order valence-electron chi connectivity index (χ0n) is 13.9. The number of hydrogen-bond acceptors (Lipinski definition) is 3. The monoisotopic (exact) mass is 326 g/mol. The Bertz CT molecular complexity index is 687. The molecular weight excluding hydrogens is 305 g/mol. The van der Waals surface area contributed by atoms with Gasteiger partial charge in [0.05, 0.1) is 5.69 Å².